The lowest BCUT2D eigenvalue weighted by atomic mass is 10.1. The molecule has 3 aromatic carbocycles. The molecular weight excluding hydrogens is 442 g/mol. The Morgan fingerprint density at radius 1 is 0.914 bits per heavy atom. The first-order valence-electron chi connectivity index (χ1n) is 11.7. The van der Waals surface area contributed by atoms with Gasteiger partial charge in [0.2, 0.25) is 0 Å². The van der Waals surface area contributed by atoms with Crippen molar-refractivity contribution in [1.82, 2.24) is 9.55 Å². The molecule has 1 amide bonds. The van der Waals surface area contributed by atoms with E-state index in [-0.39, 0.29) is 31.0 Å². The minimum atomic E-state index is -0.510. The molecule has 7 nitrogen and oxygen atoms in total. The van der Waals surface area contributed by atoms with E-state index in [2.05, 4.69) is 10.3 Å². The molecule has 1 aromatic heterocycles. The molecule has 1 saturated carbocycles. The maximum Gasteiger partial charge on any atom is 0.306 e. The third-order valence-corrected chi connectivity index (χ3v) is 5.99. The smallest absolute Gasteiger partial charge is 0.306 e. The van der Waals surface area contributed by atoms with Crippen LogP contribution in [0, 0.1) is 0 Å². The van der Waals surface area contributed by atoms with Gasteiger partial charge < -0.3 is 10.1 Å². The summed E-state index contributed by atoms with van der Waals surface area (Å²) in [5.74, 6) is -0.343. The summed E-state index contributed by atoms with van der Waals surface area (Å²) in [5.41, 5.74) is 3.31. The summed E-state index contributed by atoms with van der Waals surface area (Å²) < 4.78 is 6.87. The monoisotopic (exact) mass is 467 g/mol. The number of fused-ring (bicyclic) bond motifs is 1. The predicted octanol–water partition coefficient (Wildman–Crippen LogP) is 4.51. The normalized spacial score (nSPS) is 12.9. The molecule has 7 heteroatoms. The van der Waals surface area contributed by atoms with Crippen LogP contribution < -0.4 is 10.9 Å². The van der Waals surface area contributed by atoms with Gasteiger partial charge in [0.25, 0.3) is 11.5 Å². The first-order valence-corrected chi connectivity index (χ1v) is 11.7. The third kappa shape index (κ3) is 5.30. The number of amides is 1. The van der Waals surface area contributed by atoms with E-state index in [4.69, 9.17) is 4.74 Å². The topological polar surface area (TPSA) is 90.3 Å². The SMILES string of the molecule is O=C(COC(=O)CCc1nc2ccccc2c(=O)n1C1CC1)Nc1ccc(-c2ccccc2)cc1. The number of aromatic nitrogens is 2. The largest absolute Gasteiger partial charge is 0.456 e. The van der Waals surface area contributed by atoms with Crippen LogP contribution in [-0.4, -0.2) is 28.0 Å². The highest BCUT2D eigenvalue weighted by molar-refractivity contribution is 5.93. The number of para-hydroxylation sites is 1. The standard InChI is InChI=1S/C28H25N3O4/c32-26(29-21-12-10-20(11-13-21)19-6-2-1-3-7-19)18-35-27(33)17-16-25-30-24-9-5-4-8-23(24)28(34)31(25)22-14-15-22/h1-13,22H,14-18H2,(H,29,32). The van der Waals surface area contributed by atoms with Crippen molar-refractivity contribution < 1.29 is 14.3 Å². The fourth-order valence-corrected chi connectivity index (χ4v) is 4.08. The van der Waals surface area contributed by atoms with Crippen LogP contribution >= 0.6 is 0 Å². The number of nitrogens with one attached hydrogen (secondary N) is 1. The molecule has 1 aliphatic rings. The van der Waals surface area contributed by atoms with Gasteiger partial charge in [-0.25, -0.2) is 4.98 Å². The van der Waals surface area contributed by atoms with E-state index < -0.39 is 11.9 Å². The van der Waals surface area contributed by atoms with Crippen molar-refractivity contribution in [3.63, 3.8) is 0 Å². The molecule has 176 valence electrons. The molecule has 0 atom stereocenters. The van der Waals surface area contributed by atoms with Gasteiger partial charge in [-0.3, -0.25) is 19.0 Å². The minimum absolute atomic E-state index is 0.0382. The van der Waals surface area contributed by atoms with Crippen LogP contribution in [0.1, 0.15) is 31.1 Å². The van der Waals surface area contributed by atoms with Gasteiger partial charge in [0.15, 0.2) is 6.61 Å². The number of carbonyl (C=O) groups excluding carboxylic acids is 2. The second kappa shape index (κ2) is 9.93. The van der Waals surface area contributed by atoms with Crippen LogP contribution in [0.5, 0.6) is 0 Å². The van der Waals surface area contributed by atoms with Crippen LogP contribution in [0.2, 0.25) is 0 Å². The highest BCUT2D eigenvalue weighted by Gasteiger charge is 2.28. The third-order valence-electron chi connectivity index (χ3n) is 5.99. The molecule has 1 N–H and O–H groups in total. The fraction of sp³-hybridized carbons (Fsp3) is 0.214. The molecule has 0 bridgehead atoms. The maximum absolute atomic E-state index is 12.9. The van der Waals surface area contributed by atoms with E-state index >= 15 is 0 Å². The highest BCUT2D eigenvalue weighted by atomic mass is 16.5. The zero-order valence-electron chi connectivity index (χ0n) is 19.1. The van der Waals surface area contributed by atoms with Gasteiger partial charge >= 0.3 is 5.97 Å². The van der Waals surface area contributed by atoms with Crippen LogP contribution in [0.4, 0.5) is 5.69 Å². The molecular formula is C28H25N3O4. The van der Waals surface area contributed by atoms with Gasteiger partial charge in [-0.2, -0.15) is 0 Å². The van der Waals surface area contributed by atoms with Crippen molar-refractivity contribution >= 4 is 28.5 Å². The summed E-state index contributed by atoms with van der Waals surface area (Å²) in [4.78, 5) is 42.1. The summed E-state index contributed by atoms with van der Waals surface area (Å²) in [5, 5.41) is 3.32. The number of aryl methyl sites for hydroxylation is 1. The Balaban J connectivity index is 1.15. The van der Waals surface area contributed by atoms with Gasteiger partial charge in [0.1, 0.15) is 5.82 Å². The van der Waals surface area contributed by atoms with Gasteiger partial charge in [-0.15, -0.1) is 0 Å². The van der Waals surface area contributed by atoms with Crippen LogP contribution in [0.25, 0.3) is 22.0 Å². The quantitative estimate of drug-likeness (QED) is 0.385. The van der Waals surface area contributed by atoms with Gasteiger partial charge in [0, 0.05) is 18.2 Å². The minimum Gasteiger partial charge on any atom is -0.456 e. The van der Waals surface area contributed by atoms with Crippen molar-refractivity contribution in [2.45, 2.75) is 31.7 Å². The van der Waals surface area contributed by atoms with E-state index in [1.807, 2.05) is 66.7 Å². The Hall–Kier alpha value is -4.26. The first-order chi connectivity index (χ1) is 17.1. The van der Waals surface area contributed by atoms with Crippen LogP contribution in [-0.2, 0) is 20.7 Å². The number of benzene rings is 3. The van der Waals surface area contributed by atoms with E-state index in [1.54, 1.807) is 16.7 Å². The average molecular weight is 468 g/mol. The second-order valence-electron chi connectivity index (χ2n) is 8.60. The van der Waals surface area contributed by atoms with E-state index in [1.165, 1.54) is 0 Å². The molecule has 1 heterocycles. The Morgan fingerprint density at radius 3 is 2.34 bits per heavy atom. The lowest BCUT2D eigenvalue weighted by molar-refractivity contribution is -0.147. The van der Waals surface area contributed by atoms with Gasteiger partial charge in [-0.1, -0.05) is 54.6 Å². The number of anilines is 1. The molecule has 0 radical (unpaired) electrons. The van der Waals surface area contributed by atoms with Gasteiger partial charge in [-0.05, 0) is 48.2 Å². The fourth-order valence-electron chi connectivity index (χ4n) is 4.08. The van der Waals surface area contributed by atoms with Crippen molar-refractivity contribution in [2.24, 2.45) is 0 Å². The number of ether oxygens (including phenoxy) is 1. The van der Waals surface area contributed by atoms with E-state index in [0.717, 1.165) is 24.0 Å². The number of carbonyl (C=O) groups is 2. The summed E-state index contributed by atoms with van der Waals surface area (Å²) in [6.07, 6.45) is 2.18. The molecule has 0 aliphatic heterocycles. The summed E-state index contributed by atoms with van der Waals surface area (Å²) >= 11 is 0. The zero-order chi connectivity index (χ0) is 24.2. The molecule has 0 spiro atoms. The molecule has 0 unspecified atom stereocenters. The van der Waals surface area contributed by atoms with E-state index in [0.29, 0.717) is 22.4 Å². The number of rotatable bonds is 8. The molecule has 0 saturated heterocycles. The Kier molecular flexibility index (Phi) is 6.39. The van der Waals surface area contributed by atoms with Gasteiger partial charge in [0.05, 0.1) is 17.3 Å². The summed E-state index contributed by atoms with van der Waals surface area (Å²) in [6, 6.07) is 24.8. The second-order valence-corrected chi connectivity index (χ2v) is 8.60. The molecule has 35 heavy (non-hydrogen) atoms. The predicted molar refractivity (Wildman–Crippen MR) is 134 cm³/mol. The number of esters is 1. The number of nitrogens with zero attached hydrogens (tertiary/aromatic N) is 2. The van der Waals surface area contributed by atoms with Crippen molar-refractivity contribution in [3.8, 4) is 11.1 Å². The van der Waals surface area contributed by atoms with Crippen LogP contribution in [0.15, 0.2) is 83.7 Å². The lowest BCUT2D eigenvalue weighted by Crippen LogP contribution is -2.25. The van der Waals surface area contributed by atoms with Crippen molar-refractivity contribution in [1.29, 1.82) is 0 Å². The Labute approximate surface area is 202 Å². The molecule has 1 fully saturated rings. The highest BCUT2D eigenvalue weighted by Crippen LogP contribution is 2.35. The zero-order valence-corrected chi connectivity index (χ0v) is 19.1. The molecule has 1 aliphatic carbocycles. The maximum atomic E-state index is 12.9. The van der Waals surface area contributed by atoms with E-state index in [9.17, 15) is 14.4 Å². The lowest BCUT2D eigenvalue weighted by Gasteiger charge is -2.12. The van der Waals surface area contributed by atoms with Crippen molar-refractivity contribution in [2.75, 3.05) is 11.9 Å². The summed E-state index contributed by atoms with van der Waals surface area (Å²) in [7, 11) is 0. The molecule has 4 aromatic rings. The average Bonchev–Trinajstić information content (AvgIpc) is 3.72. The Bertz CT molecular complexity index is 1420. The molecule has 5 rings (SSSR count). The van der Waals surface area contributed by atoms with Crippen molar-refractivity contribution in [3.05, 3.63) is 95.0 Å². The first kappa shape index (κ1) is 22.5. The number of hydrogen-bond acceptors (Lipinski definition) is 5. The number of hydrogen-bond donors (Lipinski definition) is 1. The Morgan fingerprint density at radius 2 is 1.60 bits per heavy atom. The van der Waals surface area contributed by atoms with Crippen LogP contribution in [0.3, 0.4) is 0 Å². The summed E-state index contributed by atoms with van der Waals surface area (Å²) in [6.45, 7) is -0.375.